The fourth-order valence-electron chi connectivity index (χ4n) is 3.12. The second-order valence-electron chi connectivity index (χ2n) is 6.54. The summed E-state index contributed by atoms with van der Waals surface area (Å²) in [4.78, 5) is 29.9. The van der Waals surface area contributed by atoms with Gasteiger partial charge in [0.2, 0.25) is 0 Å². The van der Waals surface area contributed by atoms with Gasteiger partial charge in [-0.2, -0.15) is 0 Å². The third kappa shape index (κ3) is 3.31. The van der Waals surface area contributed by atoms with Crippen LogP contribution < -0.4 is 10.9 Å². The van der Waals surface area contributed by atoms with Gasteiger partial charge in [0, 0.05) is 12.7 Å². The van der Waals surface area contributed by atoms with E-state index in [1.54, 1.807) is 36.5 Å². The Labute approximate surface area is 156 Å². The average molecular weight is 357 g/mol. The Morgan fingerprint density at radius 1 is 1.04 bits per heavy atom. The molecule has 0 fully saturated rings. The zero-order valence-corrected chi connectivity index (χ0v) is 15.0. The van der Waals surface area contributed by atoms with Crippen LogP contribution in [0.3, 0.4) is 0 Å². The summed E-state index contributed by atoms with van der Waals surface area (Å²) in [5.74, 6) is -0.234. The number of hydrogen-bond acceptors (Lipinski definition) is 3. The topological polar surface area (TPSA) is 63.5 Å². The minimum Gasteiger partial charge on any atom is -0.352 e. The van der Waals surface area contributed by atoms with Crippen molar-refractivity contribution in [2.75, 3.05) is 6.54 Å². The fourth-order valence-corrected chi connectivity index (χ4v) is 3.12. The first-order valence-electron chi connectivity index (χ1n) is 8.87. The molecule has 2 aromatic heterocycles. The molecule has 0 unspecified atom stereocenters. The van der Waals surface area contributed by atoms with E-state index in [1.807, 2.05) is 13.0 Å². The molecule has 1 N–H and O–H groups in total. The monoisotopic (exact) mass is 357 g/mol. The van der Waals surface area contributed by atoms with Crippen molar-refractivity contribution in [2.45, 2.75) is 13.3 Å². The quantitative estimate of drug-likeness (QED) is 0.571. The van der Waals surface area contributed by atoms with Gasteiger partial charge in [-0.1, -0.05) is 42.0 Å². The average Bonchev–Trinajstić information content (AvgIpc) is 2.69. The third-order valence-corrected chi connectivity index (χ3v) is 4.61. The Morgan fingerprint density at radius 3 is 2.63 bits per heavy atom. The van der Waals surface area contributed by atoms with Crippen molar-refractivity contribution in [1.29, 1.82) is 0 Å². The smallest absolute Gasteiger partial charge is 0.265 e. The summed E-state index contributed by atoms with van der Waals surface area (Å²) in [6.07, 6.45) is 2.38. The lowest BCUT2D eigenvalue weighted by Crippen LogP contribution is -2.27. The first kappa shape index (κ1) is 17.0. The highest BCUT2D eigenvalue weighted by Gasteiger charge is 2.13. The van der Waals surface area contributed by atoms with Crippen molar-refractivity contribution in [2.24, 2.45) is 0 Å². The summed E-state index contributed by atoms with van der Waals surface area (Å²) >= 11 is 0. The Morgan fingerprint density at radius 2 is 1.81 bits per heavy atom. The number of carbonyl (C=O) groups is 1. The van der Waals surface area contributed by atoms with Gasteiger partial charge in [0.15, 0.2) is 5.65 Å². The number of aryl methyl sites for hydroxylation is 1. The molecule has 0 radical (unpaired) electrons. The largest absolute Gasteiger partial charge is 0.352 e. The lowest BCUT2D eigenvalue weighted by molar-refractivity contribution is 0.0955. The maximum atomic E-state index is 12.7. The van der Waals surface area contributed by atoms with Gasteiger partial charge >= 0.3 is 0 Å². The van der Waals surface area contributed by atoms with E-state index in [2.05, 4.69) is 34.6 Å². The molecule has 5 nitrogen and oxygen atoms in total. The molecule has 1 amide bonds. The first-order chi connectivity index (χ1) is 13.1. The second-order valence-corrected chi connectivity index (χ2v) is 6.54. The van der Waals surface area contributed by atoms with E-state index in [4.69, 9.17) is 0 Å². The maximum absolute atomic E-state index is 12.7. The highest BCUT2D eigenvalue weighted by atomic mass is 16.1. The van der Waals surface area contributed by atoms with Crippen molar-refractivity contribution in [3.8, 4) is 0 Å². The number of carbonyl (C=O) groups excluding carboxylic acids is 1. The number of nitrogens with one attached hydrogen (secondary N) is 1. The van der Waals surface area contributed by atoms with E-state index in [0.717, 1.165) is 6.42 Å². The van der Waals surface area contributed by atoms with Gasteiger partial charge in [-0.25, -0.2) is 4.98 Å². The Bertz CT molecular complexity index is 1190. The van der Waals surface area contributed by atoms with Crippen molar-refractivity contribution in [3.05, 3.63) is 93.9 Å². The standard InChI is InChI=1S/C22H19N3O2/c1-15-8-10-16(11-9-15)12-13-23-21(26)18-6-4-14-25-20(18)24-19-7-3-2-5-17(19)22(25)27/h2-11,14H,12-13H2,1H3,(H,23,26). The molecular formula is C22H19N3O2. The molecule has 0 bridgehead atoms. The molecule has 4 rings (SSSR count). The minimum atomic E-state index is -0.234. The summed E-state index contributed by atoms with van der Waals surface area (Å²) in [6, 6.07) is 18.8. The van der Waals surface area contributed by atoms with Gasteiger partial charge in [0.05, 0.1) is 16.5 Å². The molecule has 0 spiro atoms. The molecule has 27 heavy (non-hydrogen) atoms. The van der Waals surface area contributed by atoms with E-state index >= 15 is 0 Å². The zero-order chi connectivity index (χ0) is 18.8. The van der Waals surface area contributed by atoms with Gasteiger partial charge < -0.3 is 5.32 Å². The molecule has 2 heterocycles. The number of aromatic nitrogens is 2. The Kier molecular flexibility index (Phi) is 4.42. The zero-order valence-electron chi connectivity index (χ0n) is 15.0. The van der Waals surface area contributed by atoms with Gasteiger partial charge in [0.25, 0.3) is 11.5 Å². The van der Waals surface area contributed by atoms with Crippen LogP contribution in [0.15, 0.2) is 71.7 Å². The van der Waals surface area contributed by atoms with Gasteiger partial charge in [-0.3, -0.25) is 14.0 Å². The van der Waals surface area contributed by atoms with Crippen molar-refractivity contribution in [3.63, 3.8) is 0 Å². The van der Waals surface area contributed by atoms with Crippen molar-refractivity contribution >= 4 is 22.5 Å². The highest BCUT2D eigenvalue weighted by molar-refractivity contribution is 6.00. The second kappa shape index (κ2) is 7.03. The number of para-hydroxylation sites is 1. The molecule has 0 saturated carbocycles. The van der Waals surface area contributed by atoms with Crippen molar-refractivity contribution < 1.29 is 4.79 Å². The van der Waals surface area contributed by atoms with E-state index in [9.17, 15) is 9.59 Å². The van der Waals surface area contributed by atoms with Crippen LogP contribution in [0.4, 0.5) is 0 Å². The number of nitrogens with zero attached hydrogens (tertiary/aromatic N) is 2. The van der Waals surface area contributed by atoms with Crippen LogP contribution in [0, 0.1) is 6.92 Å². The molecule has 134 valence electrons. The van der Waals surface area contributed by atoms with E-state index in [1.165, 1.54) is 15.5 Å². The van der Waals surface area contributed by atoms with Crippen LogP contribution >= 0.6 is 0 Å². The van der Waals surface area contributed by atoms with Crippen LogP contribution in [-0.2, 0) is 6.42 Å². The maximum Gasteiger partial charge on any atom is 0.265 e. The van der Waals surface area contributed by atoms with E-state index in [0.29, 0.717) is 28.7 Å². The number of fused-ring (bicyclic) bond motifs is 2. The lowest BCUT2D eigenvalue weighted by Gasteiger charge is -2.09. The van der Waals surface area contributed by atoms with Crippen LogP contribution in [0.5, 0.6) is 0 Å². The predicted octanol–water partition coefficient (Wildman–Crippen LogP) is 3.13. The molecular weight excluding hydrogens is 338 g/mol. The molecule has 0 aliphatic heterocycles. The summed E-state index contributed by atoms with van der Waals surface area (Å²) in [5, 5.41) is 3.46. The molecule has 5 heteroatoms. The van der Waals surface area contributed by atoms with Crippen LogP contribution in [0.25, 0.3) is 16.6 Å². The molecule has 2 aromatic carbocycles. The Hall–Kier alpha value is -3.47. The summed E-state index contributed by atoms with van der Waals surface area (Å²) in [7, 11) is 0. The highest BCUT2D eigenvalue weighted by Crippen LogP contribution is 2.12. The lowest BCUT2D eigenvalue weighted by atomic mass is 10.1. The summed E-state index contributed by atoms with van der Waals surface area (Å²) in [6.45, 7) is 2.56. The number of benzene rings is 2. The molecule has 0 aliphatic rings. The number of hydrogen-bond donors (Lipinski definition) is 1. The number of amides is 1. The van der Waals surface area contributed by atoms with Gasteiger partial charge in [-0.05, 0) is 43.2 Å². The van der Waals surface area contributed by atoms with Crippen LogP contribution in [-0.4, -0.2) is 21.8 Å². The fraction of sp³-hybridized carbons (Fsp3) is 0.136. The number of pyridine rings is 1. The minimum absolute atomic E-state index is 0.176. The van der Waals surface area contributed by atoms with Crippen molar-refractivity contribution in [1.82, 2.24) is 14.7 Å². The predicted molar refractivity (Wildman–Crippen MR) is 106 cm³/mol. The summed E-state index contributed by atoms with van der Waals surface area (Å²) < 4.78 is 1.43. The summed E-state index contributed by atoms with van der Waals surface area (Å²) in [5.41, 5.74) is 3.55. The number of rotatable bonds is 4. The Balaban J connectivity index is 1.61. The van der Waals surface area contributed by atoms with Crippen LogP contribution in [0.1, 0.15) is 21.5 Å². The van der Waals surface area contributed by atoms with Gasteiger partial charge in [-0.15, -0.1) is 0 Å². The van der Waals surface area contributed by atoms with E-state index in [-0.39, 0.29) is 11.5 Å². The van der Waals surface area contributed by atoms with E-state index < -0.39 is 0 Å². The van der Waals surface area contributed by atoms with Gasteiger partial charge in [0.1, 0.15) is 0 Å². The molecule has 0 saturated heterocycles. The first-order valence-corrected chi connectivity index (χ1v) is 8.87. The SMILES string of the molecule is Cc1ccc(CCNC(=O)c2cccn3c(=O)c4ccccc4nc23)cc1. The molecule has 4 aromatic rings. The van der Waals surface area contributed by atoms with Crippen LogP contribution in [0.2, 0.25) is 0 Å². The molecule has 0 aliphatic carbocycles. The molecule has 0 atom stereocenters. The third-order valence-electron chi connectivity index (χ3n) is 4.61. The normalized spacial score (nSPS) is 11.0.